The van der Waals surface area contributed by atoms with Crippen LogP contribution in [0, 0.1) is 5.41 Å². The summed E-state index contributed by atoms with van der Waals surface area (Å²) in [6, 6.07) is 7.44. The molecule has 1 spiro atoms. The average molecular weight is 265 g/mol. The Morgan fingerprint density at radius 3 is 2.89 bits per heavy atom. The first-order chi connectivity index (χ1) is 8.60. The largest absolute Gasteiger partial charge is 0.310 e. The van der Waals surface area contributed by atoms with Gasteiger partial charge in [-0.3, -0.25) is 4.79 Å². The van der Waals surface area contributed by atoms with Gasteiger partial charge in [0.1, 0.15) is 0 Å². The Morgan fingerprint density at radius 2 is 2.22 bits per heavy atom. The molecule has 3 rings (SSSR count). The minimum Gasteiger partial charge on any atom is -0.310 e. The fourth-order valence-electron chi connectivity index (χ4n) is 2.53. The van der Waals surface area contributed by atoms with E-state index >= 15 is 0 Å². The van der Waals surface area contributed by atoms with Gasteiger partial charge in [0.2, 0.25) is 5.91 Å². The predicted molar refractivity (Wildman–Crippen MR) is 72.9 cm³/mol. The Bertz CT molecular complexity index is 484. The number of benzene rings is 1. The number of carbonyl (C=O) groups is 1. The molecule has 3 nitrogen and oxygen atoms in total. The third-order valence-electron chi connectivity index (χ3n) is 3.99. The van der Waals surface area contributed by atoms with Crippen molar-refractivity contribution in [3.8, 4) is 0 Å². The molecule has 0 bridgehead atoms. The van der Waals surface area contributed by atoms with Crippen molar-refractivity contribution in [1.29, 1.82) is 0 Å². The molecule has 1 atom stereocenters. The lowest BCUT2D eigenvalue weighted by molar-refractivity contribution is -0.119. The van der Waals surface area contributed by atoms with E-state index in [1.807, 2.05) is 36.1 Å². The van der Waals surface area contributed by atoms with Crippen LogP contribution in [0.5, 0.6) is 0 Å². The summed E-state index contributed by atoms with van der Waals surface area (Å²) < 4.78 is 0. The summed E-state index contributed by atoms with van der Waals surface area (Å²) >= 11 is 6.02. The number of halogens is 1. The minimum absolute atomic E-state index is 0.121. The maximum Gasteiger partial charge on any atom is 0.243 e. The lowest BCUT2D eigenvalue weighted by Crippen LogP contribution is -2.41. The first-order valence-corrected chi connectivity index (χ1v) is 6.78. The molecule has 96 valence electrons. The van der Waals surface area contributed by atoms with Gasteiger partial charge in [-0.05, 0) is 38.0 Å². The van der Waals surface area contributed by atoms with Crippen molar-refractivity contribution in [2.24, 2.45) is 5.41 Å². The van der Waals surface area contributed by atoms with E-state index < -0.39 is 0 Å². The summed E-state index contributed by atoms with van der Waals surface area (Å²) in [5.41, 5.74) is 1.21. The summed E-state index contributed by atoms with van der Waals surface area (Å²) in [6.07, 6.45) is 2.41. The second-order valence-electron chi connectivity index (χ2n) is 5.51. The van der Waals surface area contributed by atoms with E-state index in [1.54, 1.807) is 0 Å². The molecule has 1 aromatic rings. The van der Waals surface area contributed by atoms with Gasteiger partial charge < -0.3 is 10.2 Å². The SMILES string of the molecule is CC1NCC2(CC2)CN(c2cccc(Cl)c2)C1=O. The van der Waals surface area contributed by atoms with Gasteiger partial charge in [0.05, 0.1) is 6.04 Å². The molecule has 18 heavy (non-hydrogen) atoms. The number of hydrogen-bond donors (Lipinski definition) is 1. The summed E-state index contributed by atoms with van der Waals surface area (Å²) in [5.74, 6) is 0.140. The molecule has 0 aromatic heterocycles. The van der Waals surface area contributed by atoms with Crippen molar-refractivity contribution in [2.45, 2.75) is 25.8 Å². The topological polar surface area (TPSA) is 32.3 Å². The third kappa shape index (κ3) is 2.13. The number of nitrogens with one attached hydrogen (secondary N) is 1. The molecule has 1 heterocycles. The molecule has 2 fully saturated rings. The maximum atomic E-state index is 12.4. The molecular formula is C14H17ClN2O. The Balaban J connectivity index is 1.94. The Kier molecular flexibility index (Phi) is 2.83. The zero-order chi connectivity index (χ0) is 12.8. The Morgan fingerprint density at radius 1 is 1.44 bits per heavy atom. The number of anilines is 1. The number of carbonyl (C=O) groups excluding carboxylic acids is 1. The van der Waals surface area contributed by atoms with Gasteiger partial charge in [-0.2, -0.15) is 0 Å². The van der Waals surface area contributed by atoms with E-state index in [2.05, 4.69) is 5.32 Å². The molecule has 1 aliphatic heterocycles. The van der Waals surface area contributed by atoms with Crippen LogP contribution in [0.3, 0.4) is 0 Å². The van der Waals surface area contributed by atoms with Crippen LogP contribution in [-0.2, 0) is 4.79 Å². The molecule has 1 aromatic carbocycles. The highest BCUT2D eigenvalue weighted by molar-refractivity contribution is 6.30. The number of rotatable bonds is 1. The lowest BCUT2D eigenvalue weighted by Gasteiger charge is -2.25. The van der Waals surface area contributed by atoms with Crippen molar-refractivity contribution in [1.82, 2.24) is 5.32 Å². The van der Waals surface area contributed by atoms with E-state index in [-0.39, 0.29) is 11.9 Å². The maximum absolute atomic E-state index is 12.4. The Labute approximate surface area is 112 Å². The summed E-state index contributed by atoms with van der Waals surface area (Å²) in [4.78, 5) is 14.3. The highest BCUT2D eigenvalue weighted by Gasteiger charge is 2.47. The van der Waals surface area contributed by atoms with Crippen LogP contribution in [0.15, 0.2) is 24.3 Å². The van der Waals surface area contributed by atoms with Crippen molar-refractivity contribution in [3.63, 3.8) is 0 Å². The lowest BCUT2D eigenvalue weighted by atomic mass is 10.1. The average Bonchev–Trinajstić information content (AvgIpc) is 3.13. The van der Waals surface area contributed by atoms with Gasteiger partial charge in [0.15, 0.2) is 0 Å². The molecule has 1 aliphatic carbocycles. The van der Waals surface area contributed by atoms with E-state index in [9.17, 15) is 4.79 Å². The van der Waals surface area contributed by atoms with Crippen molar-refractivity contribution < 1.29 is 4.79 Å². The molecule has 1 N–H and O–H groups in total. The number of nitrogens with zero attached hydrogens (tertiary/aromatic N) is 1. The second-order valence-corrected chi connectivity index (χ2v) is 5.94. The molecule has 0 radical (unpaired) electrons. The fourth-order valence-corrected chi connectivity index (χ4v) is 2.72. The van der Waals surface area contributed by atoms with Crippen LogP contribution in [0.25, 0.3) is 0 Å². The van der Waals surface area contributed by atoms with Gasteiger partial charge in [-0.25, -0.2) is 0 Å². The van der Waals surface area contributed by atoms with Crippen LogP contribution < -0.4 is 10.2 Å². The first kappa shape index (κ1) is 12.0. The molecule has 1 saturated carbocycles. The number of amides is 1. The van der Waals surface area contributed by atoms with Gasteiger partial charge in [0.25, 0.3) is 0 Å². The quantitative estimate of drug-likeness (QED) is 0.845. The molecule has 1 unspecified atom stereocenters. The highest BCUT2D eigenvalue weighted by Crippen LogP contribution is 2.47. The smallest absolute Gasteiger partial charge is 0.243 e. The Hall–Kier alpha value is -1.06. The standard InChI is InChI=1S/C14H17ClN2O/c1-10-13(18)17(9-14(5-6-14)8-16-10)12-4-2-3-11(15)7-12/h2-4,7,10,16H,5-6,8-9H2,1H3. The van der Waals surface area contributed by atoms with Crippen molar-refractivity contribution in [2.75, 3.05) is 18.0 Å². The van der Waals surface area contributed by atoms with Crippen LogP contribution >= 0.6 is 11.6 Å². The fraction of sp³-hybridized carbons (Fsp3) is 0.500. The second kappa shape index (κ2) is 4.25. The summed E-state index contributed by atoms with van der Waals surface area (Å²) in [5, 5.41) is 4.01. The van der Waals surface area contributed by atoms with Gasteiger partial charge >= 0.3 is 0 Å². The molecule has 2 aliphatic rings. The van der Waals surface area contributed by atoms with E-state index in [0.717, 1.165) is 18.8 Å². The summed E-state index contributed by atoms with van der Waals surface area (Å²) in [7, 11) is 0. The summed E-state index contributed by atoms with van der Waals surface area (Å²) in [6.45, 7) is 3.68. The van der Waals surface area contributed by atoms with Crippen LogP contribution in [0.1, 0.15) is 19.8 Å². The van der Waals surface area contributed by atoms with Crippen LogP contribution in [0.2, 0.25) is 5.02 Å². The van der Waals surface area contributed by atoms with Crippen LogP contribution in [0.4, 0.5) is 5.69 Å². The van der Waals surface area contributed by atoms with Gasteiger partial charge in [-0.1, -0.05) is 17.7 Å². The monoisotopic (exact) mass is 264 g/mol. The van der Waals surface area contributed by atoms with E-state index in [0.29, 0.717) is 10.4 Å². The van der Waals surface area contributed by atoms with Gasteiger partial charge in [-0.15, -0.1) is 0 Å². The molecule has 4 heteroatoms. The number of hydrogen-bond acceptors (Lipinski definition) is 2. The molecule has 1 saturated heterocycles. The predicted octanol–water partition coefficient (Wildman–Crippen LogP) is 2.44. The van der Waals surface area contributed by atoms with E-state index in [4.69, 9.17) is 11.6 Å². The molecule has 1 amide bonds. The van der Waals surface area contributed by atoms with E-state index in [1.165, 1.54) is 12.8 Å². The van der Waals surface area contributed by atoms with Crippen LogP contribution in [-0.4, -0.2) is 25.0 Å². The minimum atomic E-state index is -0.121. The normalized spacial score (nSPS) is 26.2. The van der Waals surface area contributed by atoms with Gasteiger partial charge in [0, 0.05) is 29.2 Å². The zero-order valence-corrected chi connectivity index (χ0v) is 11.2. The molecular weight excluding hydrogens is 248 g/mol. The zero-order valence-electron chi connectivity index (χ0n) is 10.4. The first-order valence-electron chi connectivity index (χ1n) is 6.40. The van der Waals surface area contributed by atoms with Crippen molar-refractivity contribution in [3.05, 3.63) is 29.3 Å². The third-order valence-corrected chi connectivity index (χ3v) is 4.23. The van der Waals surface area contributed by atoms with Crippen molar-refractivity contribution >= 4 is 23.2 Å². The highest BCUT2D eigenvalue weighted by atomic mass is 35.5.